The summed E-state index contributed by atoms with van der Waals surface area (Å²) in [6.07, 6.45) is 2.98. The molecule has 0 amide bonds. The molecule has 90 valence electrons. The minimum atomic E-state index is -0.182. The molecule has 1 atom stereocenters. The number of unbranched alkanes of at least 4 members (excludes halogenated alkanes) is 1. The molecule has 0 saturated carbocycles. The normalized spacial score (nSPS) is 12.8. The summed E-state index contributed by atoms with van der Waals surface area (Å²) in [6.45, 7) is 4.23. The summed E-state index contributed by atoms with van der Waals surface area (Å²) in [5.74, 6) is 0.779. The molecule has 1 rings (SSSR count). The molecule has 1 aromatic rings. The molecule has 1 unspecified atom stereocenters. The van der Waals surface area contributed by atoms with E-state index in [2.05, 4.69) is 48.0 Å². The average Bonchev–Trinajstić information content (AvgIpc) is 2.25. The molecule has 0 aliphatic rings. The third-order valence-electron chi connectivity index (χ3n) is 2.41. The number of rotatable bonds is 6. The Kier molecular flexibility index (Phi) is 6.47. The van der Waals surface area contributed by atoms with Gasteiger partial charge in [0.1, 0.15) is 0 Å². The summed E-state index contributed by atoms with van der Waals surface area (Å²) in [4.78, 5) is 1.21. The van der Waals surface area contributed by atoms with Gasteiger partial charge in [-0.1, -0.05) is 25.8 Å². The zero-order chi connectivity index (χ0) is 12.0. The molecule has 1 aromatic carbocycles. The van der Waals surface area contributed by atoms with Crippen LogP contribution < -0.4 is 0 Å². The molecular weight excluding hydrogens is 284 g/mol. The molecule has 16 heavy (non-hydrogen) atoms. The van der Waals surface area contributed by atoms with E-state index in [4.69, 9.17) is 0 Å². The Bertz CT molecular complexity index is 328. The second kappa shape index (κ2) is 7.36. The topological polar surface area (TPSA) is 20.2 Å². The van der Waals surface area contributed by atoms with Crippen molar-refractivity contribution in [2.45, 2.75) is 44.1 Å². The number of thioether (sulfide) groups is 1. The van der Waals surface area contributed by atoms with Gasteiger partial charge in [-0.25, -0.2) is 0 Å². The smallest absolute Gasteiger partial charge is 0.0634 e. The highest BCUT2D eigenvalue weighted by molar-refractivity contribution is 9.10. The molecule has 1 N–H and O–H groups in total. The van der Waals surface area contributed by atoms with E-state index < -0.39 is 0 Å². The number of aryl methyl sites for hydroxylation is 1. The Labute approximate surface area is 111 Å². The maximum atomic E-state index is 9.75. The molecule has 0 saturated heterocycles. The molecule has 0 aliphatic heterocycles. The molecule has 0 heterocycles. The van der Waals surface area contributed by atoms with Crippen molar-refractivity contribution >= 4 is 27.7 Å². The van der Waals surface area contributed by atoms with E-state index in [1.165, 1.54) is 10.5 Å². The Balaban J connectivity index is 2.42. The Hall–Kier alpha value is 0.01000. The van der Waals surface area contributed by atoms with Crippen LogP contribution in [0.25, 0.3) is 0 Å². The van der Waals surface area contributed by atoms with Crippen molar-refractivity contribution in [3.63, 3.8) is 0 Å². The SMILES string of the molecule is CCCCC(O)CSc1ccc(C)cc1Br. The predicted octanol–water partition coefficient (Wildman–Crippen LogP) is 4.40. The first-order valence-electron chi connectivity index (χ1n) is 5.70. The van der Waals surface area contributed by atoms with Crippen LogP contribution >= 0.6 is 27.7 Å². The zero-order valence-electron chi connectivity index (χ0n) is 9.87. The molecular formula is C13H19BrOS. The lowest BCUT2D eigenvalue weighted by Crippen LogP contribution is -2.09. The minimum Gasteiger partial charge on any atom is -0.392 e. The van der Waals surface area contributed by atoms with Crippen LogP contribution in [0.2, 0.25) is 0 Å². The first kappa shape index (κ1) is 14.1. The monoisotopic (exact) mass is 302 g/mol. The lowest BCUT2D eigenvalue weighted by atomic mass is 10.2. The van der Waals surface area contributed by atoms with E-state index >= 15 is 0 Å². The van der Waals surface area contributed by atoms with E-state index in [1.807, 2.05) is 0 Å². The van der Waals surface area contributed by atoms with Crippen molar-refractivity contribution in [1.82, 2.24) is 0 Å². The van der Waals surface area contributed by atoms with E-state index in [-0.39, 0.29) is 6.10 Å². The third-order valence-corrected chi connectivity index (χ3v) is 4.55. The van der Waals surface area contributed by atoms with Gasteiger partial charge >= 0.3 is 0 Å². The van der Waals surface area contributed by atoms with Gasteiger partial charge in [0.25, 0.3) is 0 Å². The number of aliphatic hydroxyl groups is 1. The first-order valence-corrected chi connectivity index (χ1v) is 7.48. The summed E-state index contributed by atoms with van der Waals surface area (Å²) in [7, 11) is 0. The molecule has 0 aromatic heterocycles. The second-order valence-corrected chi connectivity index (χ2v) is 5.96. The molecule has 0 fully saturated rings. The van der Waals surface area contributed by atoms with Gasteiger partial charge in [-0.05, 0) is 47.0 Å². The highest BCUT2D eigenvalue weighted by Crippen LogP contribution is 2.29. The maximum absolute atomic E-state index is 9.75. The number of halogens is 1. The fourth-order valence-corrected chi connectivity index (χ4v) is 3.17. The zero-order valence-corrected chi connectivity index (χ0v) is 12.3. The summed E-state index contributed by atoms with van der Waals surface area (Å²) in [5.41, 5.74) is 1.25. The van der Waals surface area contributed by atoms with Crippen LogP contribution in [0.1, 0.15) is 31.7 Å². The molecule has 1 nitrogen and oxygen atoms in total. The van der Waals surface area contributed by atoms with Crippen LogP contribution in [0.3, 0.4) is 0 Å². The number of benzene rings is 1. The van der Waals surface area contributed by atoms with Crippen LogP contribution in [0.15, 0.2) is 27.6 Å². The van der Waals surface area contributed by atoms with Crippen LogP contribution in [0, 0.1) is 6.92 Å². The Morgan fingerprint density at radius 2 is 2.19 bits per heavy atom. The van der Waals surface area contributed by atoms with Gasteiger partial charge in [0.15, 0.2) is 0 Å². The van der Waals surface area contributed by atoms with E-state index in [1.54, 1.807) is 11.8 Å². The highest BCUT2D eigenvalue weighted by atomic mass is 79.9. The molecule has 0 aliphatic carbocycles. The van der Waals surface area contributed by atoms with Crippen molar-refractivity contribution in [1.29, 1.82) is 0 Å². The lowest BCUT2D eigenvalue weighted by molar-refractivity contribution is 0.186. The minimum absolute atomic E-state index is 0.182. The van der Waals surface area contributed by atoms with Crippen molar-refractivity contribution in [2.24, 2.45) is 0 Å². The van der Waals surface area contributed by atoms with Crippen LogP contribution in [0.5, 0.6) is 0 Å². The van der Waals surface area contributed by atoms with Crippen LogP contribution in [0.4, 0.5) is 0 Å². The molecule has 0 radical (unpaired) electrons. The van der Waals surface area contributed by atoms with Crippen molar-refractivity contribution in [2.75, 3.05) is 5.75 Å². The van der Waals surface area contributed by atoms with Gasteiger partial charge in [0, 0.05) is 15.1 Å². The largest absolute Gasteiger partial charge is 0.392 e. The number of hydrogen-bond acceptors (Lipinski definition) is 2. The summed E-state index contributed by atoms with van der Waals surface area (Å²) in [5, 5.41) is 9.75. The Morgan fingerprint density at radius 1 is 1.44 bits per heavy atom. The summed E-state index contributed by atoms with van der Waals surface area (Å²) < 4.78 is 1.13. The maximum Gasteiger partial charge on any atom is 0.0634 e. The van der Waals surface area contributed by atoms with Gasteiger partial charge in [0.05, 0.1) is 6.10 Å². The fourth-order valence-electron chi connectivity index (χ4n) is 1.43. The predicted molar refractivity (Wildman–Crippen MR) is 75.1 cm³/mol. The van der Waals surface area contributed by atoms with E-state index in [0.29, 0.717) is 0 Å². The van der Waals surface area contributed by atoms with E-state index in [0.717, 1.165) is 29.5 Å². The number of hydrogen-bond donors (Lipinski definition) is 1. The summed E-state index contributed by atoms with van der Waals surface area (Å²) >= 11 is 5.26. The van der Waals surface area contributed by atoms with Gasteiger partial charge in [-0.15, -0.1) is 11.8 Å². The average molecular weight is 303 g/mol. The highest BCUT2D eigenvalue weighted by Gasteiger charge is 2.06. The van der Waals surface area contributed by atoms with Gasteiger partial charge in [0.2, 0.25) is 0 Å². The first-order chi connectivity index (χ1) is 7.63. The third kappa shape index (κ3) is 4.89. The van der Waals surface area contributed by atoms with Gasteiger partial charge in [-0.3, -0.25) is 0 Å². The molecule has 0 bridgehead atoms. The van der Waals surface area contributed by atoms with Gasteiger partial charge in [-0.2, -0.15) is 0 Å². The standard InChI is InChI=1S/C13H19BrOS/c1-3-4-5-11(15)9-16-13-7-6-10(2)8-12(13)14/h6-8,11,15H,3-5,9H2,1-2H3. The van der Waals surface area contributed by atoms with Crippen molar-refractivity contribution in [3.8, 4) is 0 Å². The molecule has 0 spiro atoms. The fraction of sp³-hybridized carbons (Fsp3) is 0.538. The number of aliphatic hydroxyl groups excluding tert-OH is 1. The molecule has 3 heteroatoms. The van der Waals surface area contributed by atoms with Crippen LogP contribution in [-0.4, -0.2) is 17.0 Å². The van der Waals surface area contributed by atoms with E-state index in [9.17, 15) is 5.11 Å². The van der Waals surface area contributed by atoms with Gasteiger partial charge < -0.3 is 5.11 Å². The summed E-state index contributed by atoms with van der Waals surface area (Å²) in [6, 6.07) is 6.32. The van der Waals surface area contributed by atoms with Crippen LogP contribution in [-0.2, 0) is 0 Å². The lowest BCUT2D eigenvalue weighted by Gasteiger charge is -2.10. The van der Waals surface area contributed by atoms with Crippen molar-refractivity contribution < 1.29 is 5.11 Å². The Morgan fingerprint density at radius 3 is 2.81 bits per heavy atom. The van der Waals surface area contributed by atoms with Crippen molar-refractivity contribution in [3.05, 3.63) is 28.2 Å². The quantitative estimate of drug-likeness (QED) is 0.786. The second-order valence-electron chi connectivity index (χ2n) is 4.04.